The van der Waals surface area contributed by atoms with E-state index < -0.39 is 5.41 Å². The molecule has 6 nitrogen and oxygen atoms in total. The third kappa shape index (κ3) is 5.30. The number of hydrogen-bond donors (Lipinski definition) is 0. The van der Waals surface area contributed by atoms with Crippen LogP contribution in [0.4, 0.5) is 11.5 Å². The summed E-state index contributed by atoms with van der Waals surface area (Å²) in [5, 5.41) is 4.94. The smallest absolute Gasteiger partial charge is 0.133 e. The number of benzene rings is 7. The SMILES string of the molecule is C1=CC2c3cc(-c4ccc5c(c4)C4(c6ccccc6S5)c5cccnc5-c5ncc(-n6c7ccccc7c7ccccc76)cc54)ccc3N(c3ccc(-n4c5ccccc5c5ccccc54)cn3)C2C=C1. The fraction of sp³-hybridized carbons (Fsp3) is 0.0469. The van der Waals surface area contributed by atoms with Gasteiger partial charge in [0.25, 0.3) is 0 Å². The van der Waals surface area contributed by atoms with Crippen LogP contribution in [0.2, 0.25) is 0 Å². The molecule has 332 valence electrons. The molecule has 4 aliphatic rings. The lowest BCUT2D eigenvalue weighted by Gasteiger charge is -2.39. The van der Waals surface area contributed by atoms with Crippen molar-refractivity contribution < 1.29 is 0 Å². The molecule has 0 saturated carbocycles. The predicted octanol–water partition coefficient (Wildman–Crippen LogP) is 15.3. The molecule has 16 rings (SSSR count). The molecule has 3 atom stereocenters. The monoisotopic (exact) mass is 924 g/mol. The first kappa shape index (κ1) is 39.1. The van der Waals surface area contributed by atoms with Crippen molar-refractivity contribution in [2.24, 2.45) is 0 Å². The lowest BCUT2D eigenvalue weighted by atomic mass is 9.67. The number of rotatable bonds is 4. The summed E-state index contributed by atoms with van der Waals surface area (Å²) in [6.07, 6.45) is 15.1. The predicted molar refractivity (Wildman–Crippen MR) is 289 cm³/mol. The number of fused-ring (bicyclic) bond motifs is 18. The van der Waals surface area contributed by atoms with Crippen molar-refractivity contribution >= 4 is 66.9 Å². The molecule has 12 aromatic rings. The normalized spacial score (nSPS) is 18.0. The van der Waals surface area contributed by atoms with Crippen LogP contribution < -0.4 is 4.90 Å². The molecule has 2 aliphatic heterocycles. The van der Waals surface area contributed by atoms with E-state index in [4.69, 9.17) is 15.0 Å². The van der Waals surface area contributed by atoms with E-state index in [1.54, 1.807) is 0 Å². The van der Waals surface area contributed by atoms with Gasteiger partial charge in [0.05, 0.1) is 68.7 Å². The van der Waals surface area contributed by atoms with Crippen LogP contribution in [-0.2, 0) is 5.41 Å². The van der Waals surface area contributed by atoms with Crippen LogP contribution in [0.5, 0.6) is 0 Å². The Morgan fingerprint density at radius 1 is 0.437 bits per heavy atom. The Morgan fingerprint density at radius 2 is 1.03 bits per heavy atom. The van der Waals surface area contributed by atoms with E-state index >= 15 is 0 Å². The molecule has 7 aromatic carbocycles. The minimum atomic E-state index is -0.666. The van der Waals surface area contributed by atoms with Crippen molar-refractivity contribution in [1.82, 2.24) is 24.1 Å². The number of aromatic nitrogens is 5. The van der Waals surface area contributed by atoms with Gasteiger partial charge in [-0.3, -0.25) is 9.97 Å². The molecule has 0 amide bonds. The Hall–Kier alpha value is -8.78. The first-order valence-corrected chi connectivity index (χ1v) is 25.1. The second kappa shape index (κ2) is 14.6. The molecule has 2 aliphatic carbocycles. The molecule has 0 bridgehead atoms. The first-order valence-electron chi connectivity index (χ1n) is 24.3. The van der Waals surface area contributed by atoms with Gasteiger partial charge in [-0.25, -0.2) is 4.98 Å². The van der Waals surface area contributed by atoms with Gasteiger partial charge in [0.2, 0.25) is 0 Å². The van der Waals surface area contributed by atoms with Crippen LogP contribution in [0.1, 0.15) is 33.7 Å². The number of nitrogens with zero attached hydrogens (tertiary/aromatic N) is 6. The standard InChI is InChI=1S/C64H40N6S/c1-7-21-53-43(14-1)44-15-2-8-22-54(44)68(53)41-29-32-61(66-37-41)70-57-25-11-5-18-47(57)48-34-39(27-30-58(48)70)40-28-31-60-51(35-40)64(49-19-6-12-26-59(49)71-60)50-20-13-33-65-62(50)63-52(64)36-42(38-67-63)69-55-23-9-3-16-45(55)46-17-4-10-24-56(46)69/h1-38,47,57H. The van der Waals surface area contributed by atoms with Crippen molar-refractivity contribution in [3.05, 3.63) is 259 Å². The van der Waals surface area contributed by atoms with E-state index in [-0.39, 0.29) is 12.0 Å². The Bertz CT molecular complexity index is 4210. The molecule has 5 aromatic heterocycles. The Labute approximate surface area is 413 Å². The second-order valence-electron chi connectivity index (χ2n) is 19.1. The molecular formula is C64H40N6S. The Morgan fingerprint density at radius 3 is 1.75 bits per heavy atom. The highest BCUT2D eigenvalue weighted by Crippen LogP contribution is 2.62. The minimum Gasteiger partial charge on any atom is -0.318 e. The maximum absolute atomic E-state index is 5.38. The molecule has 0 fully saturated rings. The molecule has 7 heterocycles. The highest BCUT2D eigenvalue weighted by Gasteiger charge is 2.52. The summed E-state index contributed by atoms with van der Waals surface area (Å²) in [7, 11) is 0. The Balaban J connectivity index is 0.846. The van der Waals surface area contributed by atoms with Gasteiger partial charge < -0.3 is 14.0 Å². The molecule has 0 N–H and O–H groups in total. The van der Waals surface area contributed by atoms with Crippen LogP contribution in [0.25, 0.3) is 77.5 Å². The van der Waals surface area contributed by atoms with Crippen molar-refractivity contribution in [1.29, 1.82) is 0 Å². The van der Waals surface area contributed by atoms with Gasteiger partial charge in [-0.2, -0.15) is 0 Å². The van der Waals surface area contributed by atoms with Gasteiger partial charge in [0, 0.05) is 54.7 Å². The third-order valence-electron chi connectivity index (χ3n) is 15.6. The quantitative estimate of drug-likeness (QED) is 0.176. The topological polar surface area (TPSA) is 51.8 Å². The summed E-state index contributed by atoms with van der Waals surface area (Å²) >= 11 is 1.86. The van der Waals surface area contributed by atoms with Gasteiger partial charge in [-0.05, 0) is 112 Å². The number of pyridine rings is 3. The van der Waals surface area contributed by atoms with E-state index in [0.717, 1.165) is 50.7 Å². The first-order chi connectivity index (χ1) is 35.2. The van der Waals surface area contributed by atoms with E-state index in [1.807, 2.05) is 30.4 Å². The zero-order valence-corrected chi connectivity index (χ0v) is 39.0. The number of para-hydroxylation sites is 4. The molecule has 7 heteroatoms. The number of anilines is 2. The molecule has 0 saturated heterocycles. The van der Waals surface area contributed by atoms with Crippen LogP contribution in [0.15, 0.2) is 241 Å². The lowest BCUT2D eigenvalue weighted by Crippen LogP contribution is -2.32. The van der Waals surface area contributed by atoms with Gasteiger partial charge in [0.1, 0.15) is 5.82 Å². The molecule has 3 unspecified atom stereocenters. The van der Waals surface area contributed by atoms with Crippen LogP contribution >= 0.6 is 11.8 Å². The number of hydrogen-bond acceptors (Lipinski definition) is 5. The molecule has 1 spiro atoms. The summed E-state index contributed by atoms with van der Waals surface area (Å²) in [6, 6.07) is 69.1. The van der Waals surface area contributed by atoms with Crippen molar-refractivity contribution in [2.45, 2.75) is 27.2 Å². The fourth-order valence-corrected chi connectivity index (χ4v) is 13.9. The average Bonchev–Trinajstić information content (AvgIpc) is 4.15. The van der Waals surface area contributed by atoms with Crippen molar-refractivity contribution in [3.8, 4) is 33.9 Å². The minimum absolute atomic E-state index is 0.103. The van der Waals surface area contributed by atoms with Gasteiger partial charge in [0.15, 0.2) is 0 Å². The Kier molecular flexibility index (Phi) is 8.05. The zero-order valence-electron chi connectivity index (χ0n) is 38.2. The van der Waals surface area contributed by atoms with E-state index in [2.05, 4.69) is 226 Å². The maximum Gasteiger partial charge on any atom is 0.133 e. The largest absolute Gasteiger partial charge is 0.318 e. The summed E-state index contributed by atoms with van der Waals surface area (Å²) in [5.41, 5.74) is 17.6. The van der Waals surface area contributed by atoms with E-state index in [1.165, 1.54) is 75.9 Å². The second-order valence-corrected chi connectivity index (χ2v) is 20.2. The molecule has 0 radical (unpaired) electrons. The number of allylic oxidation sites excluding steroid dienone is 2. The summed E-state index contributed by atoms with van der Waals surface area (Å²) in [4.78, 5) is 20.6. The van der Waals surface area contributed by atoms with E-state index in [0.29, 0.717) is 0 Å². The van der Waals surface area contributed by atoms with Crippen LogP contribution in [0, 0.1) is 0 Å². The molecule has 71 heavy (non-hydrogen) atoms. The van der Waals surface area contributed by atoms with Crippen molar-refractivity contribution in [2.75, 3.05) is 4.90 Å². The van der Waals surface area contributed by atoms with Crippen LogP contribution in [-0.4, -0.2) is 30.1 Å². The van der Waals surface area contributed by atoms with Gasteiger partial charge >= 0.3 is 0 Å². The van der Waals surface area contributed by atoms with E-state index in [9.17, 15) is 0 Å². The summed E-state index contributed by atoms with van der Waals surface area (Å²) in [6.45, 7) is 0. The fourth-order valence-electron chi connectivity index (χ4n) is 12.7. The van der Waals surface area contributed by atoms with Crippen LogP contribution in [0.3, 0.4) is 0 Å². The highest BCUT2D eigenvalue weighted by molar-refractivity contribution is 7.99. The maximum atomic E-state index is 5.38. The average molecular weight is 925 g/mol. The van der Waals surface area contributed by atoms with Gasteiger partial charge in [-0.15, -0.1) is 0 Å². The summed E-state index contributed by atoms with van der Waals surface area (Å²) < 4.78 is 4.71. The summed E-state index contributed by atoms with van der Waals surface area (Å²) in [5.74, 6) is 1.11. The lowest BCUT2D eigenvalue weighted by molar-refractivity contribution is 0.719. The highest BCUT2D eigenvalue weighted by atomic mass is 32.2. The van der Waals surface area contributed by atoms with Gasteiger partial charge in [-0.1, -0.05) is 145 Å². The zero-order chi connectivity index (χ0) is 46.4. The molecular weight excluding hydrogens is 885 g/mol. The van der Waals surface area contributed by atoms with Crippen molar-refractivity contribution in [3.63, 3.8) is 0 Å². The third-order valence-corrected chi connectivity index (χ3v) is 16.8.